The molecule has 5 aromatic rings. The van der Waals surface area contributed by atoms with Gasteiger partial charge in [-0.2, -0.15) is 9.78 Å². The van der Waals surface area contributed by atoms with Gasteiger partial charge in [-0.3, -0.25) is 14.9 Å². The number of halogens is 1. The van der Waals surface area contributed by atoms with Gasteiger partial charge in [0.2, 0.25) is 0 Å². The van der Waals surface area contributed by atoms with Gasteiger partial charge in [-0.15, -0.1) is 0 Å². The molecule has 10 nitrogen and oxygen atoms in total. The van der Waals surface area contributed by atoms with Gasteiger partial charge in [0.1, 0.15) is 12.4 Å². The van der Waals surface area contributed by atoms with E-state index >= 15 is 0 Å². The number of aryl methyl sites for hydroxylation is 1. The van der Waals surface area contributed by atoms with Crippen LogP contribution in [0.1, 0.15) is 42.0 Å². The summed E-state index contributed by atoms with van der Waals surface area (Å²) in [6, 6.07) is 20.8. The third-order valence-corrected chi connectivity index (χ3v) is 7.99. The molecule has 0 N–H and O–H groups in total. The molecule has 0 spiro atoms. The first-order valence-electron chi connectivity index (χ1n) is 14.1. The standard InChI is InChI=1S/C34H31BrN4O6/c1-20(2)26-16-27(21(3)13-30(26)43-4)33-37-29-12-7-6-11-25(29)34(40)38(33)36-18-23-15-31(44-5)32(17-28(23)35)45-19-22-9-8-10-24(14-22)39(41)42/h6-18,20H,19H2,1-5H3. The molecule has 0 unspecified atom stereocenters. The van der Waals surface area contributed by atoms with Crippen LogP contribution in [0.15, 0.2) is 87.2 Å². The number of nitrogens with zero attached hydrogens (tertiary/aromatic N) is 4. The number of hydrogen-bond acceptors (Lipinski definition) is 8. The molecule has 0 aliphatic rings. The van der Waals surface area contributed by atoms with Gasteiger partial charge < -0.3 is 14.2 Å². The largest absolute Gasteiger partial charge is 0.496 e. The van der Waals surface area contributed by atoms with Gasteiger partial charge in [-0.1, -0.05) is 38.1 Å². The van der Waals surface area contributed by atoms with E-state index in [0.717, 1.165) is 22.4 Å². The van der Waals surface area contributed by atoms with E-state index in [9.17, 15) is 14.9 Å². The number of para-hydroxylation sites is 1. The third kappa shape index (κ3) is 6.58. The number of nitro groups is 1. The molecular formula is C34H31BrN4O6. The fraction of sp³-hybridized carbons (Fsp3) is 0.206. The summed E-state index contributed by atoms with van der Waals surface area (Å²) in [5, 5.41) is 16.2. The Hall–Kier alpha value is -5.03. The molecule has 230 valence electrons. The SMILES string of the molecule is COc1cc(C=Nn2c(-c3cc(C(C)C)c(OC)cc3C)nc3ccccc3c2=O)c(Br)cc1OCc1cccc([N+](=O)[O-])c1. The molecule has 0 aliphatic carbocycles. The van der Waals surface area contributed by atoms with Crippen molar-refractivity contribution in [3.8, 4) is 28.6 Å². The number of benzene rings is 4. The zero-order chi connectivity index (χ0) is 32.2. The monoisotopic (exact) mass is 670 g/mol. The molecule has 0 aliphatic heterocycles. The van der Waals surface area contributed by atoms with Crippen LogP contribution in [-0.4, -0.2) is 35.0 Å². The molecule has 11 heteroatoms. The molecule has 0 saturated carbocycles. The molecule has 5 rings (SSSR count). The lowest BCUT2D eigenvalue weighted by Crippen LogP contribution is -2.21. The van der Waals surface area contributed by atoms with E-state index in [4.69, 9.17) is 19.2 Å². The Morgan fingerprint density at radius 2 is 1.76 bits per heavy atom. The molecule has 0 radical (unpaired) electrons. The van der Waals surface area contributed by atoms with Crippen LogP contribution in [0.2, 0.25) is 0 Å². The summed E-state index contributed by atoms with van der Waals surface area (Å²) in [4.78, 5) is 29.4. The Balaban J connectivity index is 1.56. The van der Waals surface area contributed by atoms with E-state index in [2.05, 4.69) is 34.9 Å². The van der Waals surface area contributed by atoms with Crippen molar-refractivity contribution in [2.75, 3.05) is 14.2 Å². The fourth-order valence-electron chi connectivity index (χ4n) is 4.94. The third-order valence-electron chi connectivity index (χ3n) is 7.30. The summed E-state index contributed by atoms with van der Waals surface area (Å²) in [7, 11) is 3.16. The molecule has 0 fully saturated rings. The van der Waals surface area contributed by atoms with Gasteiger partial charge in [0.25, 0.3) is 11.2 Å². The van der Waals surface area contributed by atoms with Crippen molar-refractivity contribution in [2.45, 2.75) is 33.3 Å². The quantitative estimate of drug-likeness (QED) is 0.0851. The number of hydrogen-bond donors (Lipinski definition) is 0. The second-order valence-corrected chi connectivity index (χ2v) is 11.5. The number of methoxy groups -OCH3 is 2. The molecule has 1 heterocycles. The average Bonchev–Trinajstić information content (AvgIpc) is 3.03. The van der Waals surface area contributed by atoms with Crippen LogP contribution in [0, 0.1) is 17.0 Å². The zero-order valence-electron chi connectivity index (χ0n) is 25.4. The van der Waals surface area contributed by atoms with Crippen molar-refractivity contribution in [2.24, 2.45) is 5.10 Å². The summed E-state index contributed by atoms with van der Waals surface area (Å²) in [6.45, 7) is 6.21. The van der Waals surface area contributed by atoms with Crippen molar-refractivity contribution in [1.82, 2.24) is 9.66 Å². The van der Waals surface area contributed by atoms with Crippen LogP contribution >= 0.6 is 15.9 Å². The summed E-state index contributed by atoms with van der Waals surface area (Å²) >= 11 is 3.58. The van der Waals surface area contributed by atoms with Gasteiger partial charge in [0, 0.05) is 27.7 Å². The Kier molecular flexibility index (Phi) is 9.29. The van der Waals surface area contributed by atoms with Gasteiger partial charge >= 0.3 is 0 Å². The average molecular weight is 672 g/mol. The molecule has 1 aromatic heterocycles. The minimum atomic E-state index is -0.449. The van der Waals surface area contributed by atoms with Crippen LogP contribution in [0.3, 0.4) is 0 Å². The van der Waals surface area contributed by atoms with E-state index in [0.29, 0.717) is 43.8 Å². The highest BCUT2D eigenvalue weighted by molar-refractivity contribution is 9.10. The minimum absolute atomic E-state index is 0.0149. The van der Waals surface area contributed by atoms with Gasteiger partial charge in [-0.25, -0.2) is 4.98 Å². The van der Waals surface area contributed by atoms with E-state index < -0.39 is 4.92 Å². The minimum Gasteiger partial charge on any atom is -0.496 e. The Labute approximate surface area is 268 Å². The summed E-state index contributed by atoms with van der Waals surface area (Å²) in [5.74, 6) is 2.19. The first-order chi connectivity index (χ1) is 21.6. The van der Waals surface area contributed by atoms with Crippen molar-refractivity contribution >= 4 is 38.7 Å². The van der Waals surface area contributed by atoms with Crippen LogP contribution in [0.4, 0.5) is 5.69 Å². The lowest BCUT2D eigenvalue weighted by Gasteiger charge is -2.17. The molecule has 4 aromatic carbocycles. The number of non-ortho nitro benzene ring substituents is 1. The highest BCUT2D eigenvalue weighted by Crippen LogP contribution is 2.35. The van der Waals surface area contributed by atoms with Crippen LogP contribution < -0.4 is 19.8 Å². The van der Waals surface area contributed by atoms with Crippen molar-refractivity contribution in [3.63, 3.8) is 0 Å². The fourth-order valence-corrected chi connectivity index (χ4v) is 5.36. The molecule has 0 bridgehead atoms. The smallest absolute Gasteiger partial charge is 0.282 e. The maximum atomic E-state index is 13.8. The Morgan fingerprint density at radius 1 is 1.00 bits per heavy atom. The number of aromatic nitrogens is 2. The Morgan fingerprint density at radius 3 is 2.47 bits per heavy atom. The molecule has 45 heavy (non-hydrogen) atoms. The topological polar surface area (TPSA) is 118 Å². The van der Waals surface area contributed by atoms with E-state index in [1.54, 1.807) is 49.7 Å². The maximum absolute atomic E-state index is 13.8. The van der Waals surface area contributed by atoms with Crippen LogP contribution in [0.5, 0.6) is 17.2 Å². The van der Waals surface area contributed by atoms with Gasteiger partial charge in [0.05, 0.1) is 36.3 Å². The maximum Gasteiger partial charge on any atom is 0.282 e. The highest BCUT2D eigenvalue weighted by Gasteiger charge is 2.19. The zero-order valence-corrected chi connectivity index (χ0v) is 27.0. The van der Waals surface area contributed by atoms with Crippen molar-refractivity contribution in [3.05, 3.63) is 120 Å². The van der Waals surface area contributed by atoms with E-state index in [1.165, 1.54) is 23.9 Å². The number of rotatable bonds is 10. The summed E-state index contributed by atoms with van der Waals surface area (Å²) in [6.07, 6.45) is 1.56. The van der Waals surface area contributed by atoms with Gasteiger partial charge in [-0.05, 0) is 81.9 Å². The summed E-state index contributed by atoms with van der Waals surface area (Å²) in [5.41, 5.74) is 4.14. The number of nitro benzene ring substituents is 1. The molecule has 0 saturated heterocycles. The van der Waals surface area contributed by atoms with E-state index in [1.807, 2.05) is 31.2 Å². The predicted octanol–water partition coefficient (Wildman–Crippen LogP) is 7.64. The lowest BCUT2D eigenvalue weighted by molar-refractivity contribution is -0.384. The Bertz CT molecular complexity index is 2000. The molecule has 0 amide bonds. The number of ether oxygens (including phenoxy) is 3. The number of fused-ring (bicyclic) bond motifs is 1. The lowest BCUT2D eigenvalue weighted by atomic mass is 9.96. The molecule has 0 atom stereocenters. The first kappa shape index (κ1) is 31.4. The van der Waals surface area contributed by atoms with E-state index in [-0.39, 0.29) is 23.8 Å². The first-order valence-corrected chi connectivity index (χ1v) is 14.9. The molecular weight excluding hydrogens is 640 g/mol. The van der Waals surface area contributed by atoms with Crippen LogP contribution in [-0.2, 0) is 6.61 Å². The summed E-state index contributed by atoms with van der Waals surface area (Å²) < 4.78 is 19.1. The van der Waals surface area contributed by atoms with Crippen molar-refractivity contribution < 1.29 is 19.1 Å². The van der Waals surface area contributed by atoms with Crippen molar-refractivity contribution in [1.29, 1.82) is 0 Å². The second-order valence-electron chi connectivity index (χ2n) is 10.6. The van der Waals surface area contributed by atoms with Crippen LogP contribution in [0.25, 0.3) is 22.3 Å². The predicted molar refractivity (Wildman–Crippen MR) is 178 cm³/mol. The normalized spacial score (nSPS) is 11.4. The van der Waals surface area contributed by atoms with Gasteiger partial charge in [0.15, 0.2) is 17.3 Å². The second kappa shape index (κ2) is 13.3. The highest BCUT2D eigenvalue weighted by atomic mass is 79.9.